The topological polar surface area (TPSA) is 30.7 Å². The summed E-state index contributed by atoms with van der Waals surface area (Å²) >= 11 is 6.09. The number of hydrogen-bond acceptors (Lipinski definition) is 2. The number of rotatable bonds is 7. The van der Waals surface area contributed by atoms with E-state index in [1.54, 1.807) is 0 Å². The summed E-state index contributed by atoms with van der Waals surface area (Å²) in [5, 5.41) is 0. The van der Waals surface area contributed by atoms with Crippen LogP contribution < -0.4 is 0 Å². The fourth-order valence-corrected chi connectivity index (χ4v) is 2.99. The molecule has 2 heterocycles. The highest BCUT2D eigenvalue weighted by molar-refractivity contribution is 6.16. The van der Waals surface area contributed by atoms with Crippen molar-refractivity contribution in [3.8, 4) is 0 Å². The number of unbranched alkanes of at least 4 members (excludes halogenated alkanes) is 2. The zero-order chi connectivity index (χ0) is 15.5. The van der Waals surface area contributed by atoms with E-state index in [1.165, 1.54) is 25.7 Å². The molecule has 0 aromatic carbocycles. The summed E-state index contributed by atoms with van der Waals surface area (Å²) in [7, 11) is 0. The third kappa shape index (κ3) is 3.97. The van der Waals surface area contributed by atoms with E-state index in [0.29, 0.717) is 5.88 Å². The quantitative estimate of drug-likeness (QED) is 0.527. The highest BCUT2D eigenvalue weighted by Gasteiger charge is 2.22. The molecule has 4 heteroatoms. The molecule has 0 atom stereocenters. The summed E-state index contributed by atoms with van der Waals surface area (Å²) in [5.74, 6) is 1.36. The molecule has 0 saturated heterocycles. The van der Waals surface area contributed by atoms with Crippen molar-refractivity contribution in [2.75, 3.05) is 0 Å². The summed E-state index contributed by atoms with van der Waals surface area (Å²) < 4.78 is 2.20. The summed E-state index contributed by atoms with van der Waals surface area (Å²) in [5.41, 5.74) is 3.28. The lowest BCUT2D eigenvalue weighted by Crippen LogP contribution is -2.21. The maximum Gasteiger partial charge on any atom is 0.160 e. The molecule has 0 unspecified atom stereocenters. The molecule has 0 aliphatic heterocycles. The largest absolute Gasteiger partial charge is 0.311 e. The Labute approximate surface area is 132 Å². The van der Waals surface area contributed by atoms with Crippen molar-refractivity contribution in [3.63, 3.8) is 0 Å². The molecular formula is C17H26ClN3. The number of hydrogen-bond donors (Lipinski definition) is 0. The predicted octanol–water partition coefficient (Wildman–Crippen LogP) is 5.09. The van der Waals surface area contributed by atoms with Gasteiger partial charge in [0.2, 0.25) is 0 Å². The number of alkyl halides is 1. The molecule has 2 rings (SSSR count). The number of pyridine rings is 1. The van der Waals surface area contributed by atoms with Crippen LogP contribution in [0.5, 0.6) is 0 Å². The minimum absolute atomic E-state index is 0.232. The Morgan fingerprint density at radius 3 is 2.71 bits per heavy atom. The van der Waals surface area contributed by atoms with Crippen LogP contribution in [-0.4, -0.2) is 14.5 Å². The van der Waals surface area contributed by atoms with Gasteiger partial charge in [-0.3, -0.25) is 0 Å². The number of nitrogens with zero attached hydrogens (tertiary/aromatic N) is 3. The number of halogens is 1. The van der Waals surface area contributed by atoms with Crippen molar-refractivity contribution in [2.45, 2.75) is 65.8 Å². The molecule has 2 aromatic rings. The van der Waals surface area contributed by atoms with Gasteiger partial charge in [-0.15, -0.1) is 11.6 Å². The highest BCUT2D eigenvalue weighted by Crippen LogP contribution is 2.29. The lowest BCUT2D eigenvalue weighted by molar-refractivity contribution is 0.272. The Balaban J connectivity index is 2.27. The van der Waals surface area contributed by atoms with E-state index >= 15 is 0 Å². The monoisotopic (exact) mass is 307 g/mol. The van der Waals surface area contributed by atoms with Crippen LogP contribution in [0.25, 0.3) is 11.2 Å². The third-order valence-corrected chi connectivity index (χ3v) is 4.20. The van der Waals surface area contributed by atoms with Gasteiger partial charge in [0, 0.05) is 12.7 Å². The lowest BCUT2D eigenvalue weighted by Gasteiger charge is -2.26. The molecule has 0 spiro atoms. The van der Waals surface area contributed by atoms with E-state index in [-0.39, 0.29) is 5.41 Å². The number of fused-ring (bicyclic) bond motifs is 1. The summed E-state index contributed by atoms with van der Waals surface area (Å²) in [6, 6.07) is 2.08. The van der Waals surface area contributed by atoms with Crippen molar-refractivity contribution >= 4 is 22.8 Å². The van der Waals surface area contributed by atoms with Gasteiger partial charge >= 0.3 is 0 Å². The zero-order valence-electron chi connectivity index (χ0n) is 13.6. The van der Waals surface area contributed by atoms with Gasteiger partial charge in [0.15, 0.2) is 5.65 Å². The molecule has 0 aliphatic carbocycles. The molecular weight excluding hydrogens is 282 g/mol. The Hall–Kier alpha value is -1.09. The minimum atomic E-state index is 0.232. The first-order valence-electron chi connectivity index (χ1n) is 7.84. The summed E-state index contributed by atoms with van der Waals surface area (Å²) in [6.45, 7) is 9.85. The van der Waals surface area contributed by atoms with Crippen molar-refractivity contribution in [3.05, 3.63) is 23.7 Å². The molecule has 0 fully saturated rings. The molecule has 2 aromatic heterocycles. The Morgan fingerprint density at radius 2 is 2.05 bits per heavy atom. The van der Waals surface area contributed by atoms with Crippen LogP contribution in [0.4, 0.5) is 0 Å². The normalized spacial score (nSPS) is 12.2. The van der Waals surface area contributed by atoms with Gasteiger partial charge in [0.25, 0.3) is 0 Å². The van der Waals surface area contributed by atoms with Crippen LogP contribution in [0.3, 0.4) is 0 Å². The molecule has 3 nitrogen and oxygen atoms in total. The molecule has 116 valence electrons. The molecule has 0 amide bonds. The first-order chi connectivity index (χ1) is 9.96. The zero-order valence-corrected chi connectivity index (χ0v) is 14.4. The van der Waals surface area contributed by atoms with E-state index in [2.05, 4.69) is 41.4 Å². The summed E-state index contributed by atoms with van der Waals surface area (Å²) in [4.78, 5) is 9.21. The van der Waals surface area contributed by atoms with Crippen molar-refractivity contribution < 1.29 is 0 Å². The molecule has 0 radical (unpaired) electrons. The maximum atomic E-state index is 6.09. The molecule has 0 bridgehead atoms. The maximum absolute atomic E-state index is 6.09. The van der Waals surface area contributed by atoms with Gasteiger partial charge < -0.3 is 4.57 Å². The van der Waals surface area contributed by atoms with Crippen molar-refractivity contribution in [1.29, 1.82) is 0 Å². The Kier molecular flexibility index (Phi) is 5.26. The number of aromatic nitrogens is 3. The van der Waals surface area contributed by atoms with E-state index in [1.807, 2.05) is 13.1 Å². The van der Waals surface area contributed by atoms with Gasteiger partial charge in [0.05, 0.1) is 5.88 Å². The standard InChI is InChI=1S/C17H26ClN3/c1-5-6-7-8-17(3,4)12-21-15(10-18)20-14-9-13(2)11-19-16(14)21/h9,11H,5-8,10,12H2,1-4H3. The fraction of sp³-hybridized carbons (Fsp3) is 0.647. The Morgan fingerprint density at radius 1 is 1.29 bits per heavy atom. The molecule has 0 saturated carbocycles. The van der Waals surface area contributed by atoms with Crippen LogP contribution >= 0.6 is 11.6 Å². The minimum Gasteiger partial charge on any atom is -0.311 e. The van der Waals surface area contributed by atoms with Crippen LogP contribution in [0.15, 0.2) is 12.3 Å². The van der Waals surface area contributed by atoms with Crippen LogP contribution in [0.2, 0.25) is 0 Å². The molecule has 0 N–H and O–H groups in total. The van der Waals surface area contributed by atoms with Crippen LogP contribution in [-0.2, 0) is 12.4 Å². The molecule has 21 heavy (non-hydrogen) atoms. The first kappa shape index (κ1) is 16.3. The average molecular weight is 308 g/mol. The average Bonchev–Trinajstić information content (AvgIpc) is 2.75. The molecule has 0 aliphatic rings. The second-order valence-electron chi connectivity index (χ2n) is 6.72. The van der Waals surface area contributed by atoms with Crippen LogP contribution in [0.1, 0.15) is 57.8 Å². The van der Waals surface area contributed by atoms with E-state index in [4.69, 9.17) is 11.6 Å². The van der Waals surface area contributed by atoms with Crippen LogP contribution in [0, 0.1) is 12.3 Å². The smallest absolute Gasteiger partial charge is 0.160 e. The Bertz CT molecular complexity index is 601. The van der Waals surface area contributed by atoms with Gasteiger partial charge in [0.1, 0.15) is 11.3 Å². The number of imidazole rings is 1. The third-order valence-electron chi connectivity index (χ3n) is 3.96. The predicted molar refractivity (Wildman–Crippen MR) is 89.7 cm³/mol. The van der Waals surface area contributed by atoms with Crippen molar-refractivity contribution in [1.82, 2.24) is 14.5 Å². The SMILES string of the molecule is CCCCCC(C)(C)Cn1c(CCl)nc2cc(C)cnc21. The fourth-order valence-electron chi connectivity index (χ4n) is 2.79. The second-order valence-corrected chi connectivity index (χ2v) is 6.99. The van der Waals surface area contributed by atoms with Gasteiger partial charge in [-0.05, 0) is 30.4 Å². The van der Waals surface area contributed by atoms with E-state index in [0.717, 1.165) is 29.1 Å². The number of aryl methyl sites for hydroxylation is 1. The van der Waals surface area contributed by atoms with Gasteiger partial charge in [-0.2, -0.15) is 0 Å². The highest BCUT2D eigenvalue weighted by atomic mass is 35.5. The lowest BCUT2D eigenvalue weighted by atomic mass is 9.86. The van der Waals surface area contributed by atoms with Gasteiger partial charge in [-0.25, -0.2) is 9.97 Å². The van der Waals surface area contributed by atoms with E-state index in [9.17, 15) is 0 Å². The van der Waals surface area contributed by atoms with E-state index < -0.39 is 0 Å². The first-order valence-corrected chi connectivity index (χ1v) is 8.38. The summed E-state index contributed by atoms with van der Waals surface area (Å²) in [6.07, 6.45) is 6.96. The van der Waals surface area contributed by atoms with Gasteiger partial charge in [-0.1, -0.05) is 40.0 Å². The second kappa shape index (κ2) is 6.78. The van der Waals surface area contributed by atoms with Crippen molar-refractivity contribution in [2.24, 2.45) is 5.41 Å².